The van der Waals surface area contributed by atoms with Crippen molar-refractivity contribution in [3.63, 3.8) is 0 Å². The van der Waals surface area contributed by atoms with Gasteiger partial charge in [-0.05, 0) is 37.3 Å². The highest BCUT2D eigenvalue weighted by atomic mass is 32.2. The zero-order valence-corrected chi connectivity index (χ0v) is 14.2. The summed E-state index contributed by atoms with van der Waals surface area (Å²) in [5, 5.41) is 0. The molecule has 2 rings (SSSR count). The molecule has 4 nitrogen and oxygen atoms in total. The average molecular weight is 364 g/mol. The molecule has 0 aliphatic carbocycles. The fourth-order valence-electron chi connectivity index (χ4n) is 2.72. The molecule has 0 radical (unpaired) electrons. The fraction of sp³-hybridized carbons (Fsp3) is 0.500. The van der Waals surface area contributed by atoms with E-state index in [1.54, 1.807) is 0 Å². The van der Waals surface area contributed by atoms with Crippen molar-refractivity contribution in [2.45, 2.75) is 50.8 Å². The van der Waals surface area contributed by atoms with Crippen LogP contribution >= 0.6 is 0 Å². The Hall–Kier alpha value is -1.54. The number of hydrogen-bond acceptors (Lipinski definition) is 4. The molecule has 1 aromatic rings. The van der Waals surface area contributed by atoms with E-state index >= 15 is 0 Å². The summed E-state index contributed by atoms with van der Waals surface area (Å²) in [5.41, 5.74) is -4.01. The molecule has 1 aliphatic rings. The van der Waals surface area contributed by atoms with Crippen LogP contribution in [0.4, 0.5) is 13.2 Å². The molecule has 0 saturated carbocycles. The number of allylic oxidation sites excluding steroid dienone is 1. The van der Waals surface area contributed by atoms with Crippen LogP contribution in [0, 0.1) is 0 Å². The van der Waals surface area contributed by atoms with Gasteiger partial charge < -0.3 is 8.92 Å². The van der Waals surface area contributed by atoms with Crippen LogP contribution in [0.5, 0.6) is 0 Å². The molecule has 0 N–H and O–H groups in total. The fourth-order valence-corrected chi connectivity index (χ4v) is 3.25. The molecule has 24 heavy (non-hydrogen) atoms. The molecule has 0 amide bonds. The van der Waals surface area contributed by atoms with Gasteiger partial charge in [0, 0.05) is 0 Å². The van der Waals surface area contributed by atoms with E-state index in [1.807, 2.05) is 37.3 Å². The monoisotopic (exact) mass is 364 g/mol. The first-order valence-corrected chi connectivity index (χ1v) is 8.97. The molecule has 1 fully saturated rings. The highest BCUT2D eigenvalue weighted by molar-refractivity contribution is 7.87. The Morgan fingerprint density at radius 3 is 2.46 bits per heavy atom. The van der Waals surface area contributed by atoms with Crippen LogP contribution < -0.4 is 0 Å². The van der Waals surface area contributed by atoms with Crippen molar-refractivity contribution in [3.8, 4) is 0 Å². The van der Waals surface area contributed by atoms with E-state index in [2.05, 4.69) is 4.18 Å². The largest absolute Gasteiger partial charge is 0.534 e. The Balaban J connectivity index is 2.20. The van der Waals surface area contributed by atoms with Gasteiger partial charge in [-0.3, -0.25) is 0 Å². The van der Waals surface area contributed by atoms with Crippen LogP contribution in [0.25, 0.3) is 0 Å². The zero-order chi connectivity index (χ0) is 18.0. The van der Waals surface area contributed by atoms with Crippen molar-refractivity contribution in [2.75, 3.05) is 0 Å². The lowest BCUT2D eigenvalue weighted by atomic mass is 9.92. The SMILES string of the molecule is CC[C@@H]1O[C@H](c2ccccc2)CC/C1=C(/C)OS(=O)(=O)C(F)(F)F. The Bertz CT molecular complexity index is 696. The molecule has 1 heterocycles. The first-order valence-electron chi connectivity index (χ1n) is 7.56. The molecule has 134 valence electrons. The third-order valence-corrected chi connectivity index (χ3v) is 4.94. The maximum atomic E-state index is 12.5. The molecule has 0 aromatic heterocycles. The van der Waals surface area contributed by atoms with E-state index in [1.165, 1.54) is 6.92 Å². The van der Waals surface area contributed by atoms with Gasteiger partial charge in [-0.15, -0.1) is 0 Å². The Kier molecular flexibility index (Phi) is 5.59. The van der Waals surface area contributed by atoms with E-state index in [-0.39, 0.29) is 11.9 Å². The third-order valence-electron chi connectivity index (χ3n) is 3.91. The number of alkyl halides is 3. The summed E-state index contributed by atoms with van der Waals surface area (Å²) in [6.07, 6.45) is 0.810. The van der Waals surface area contributed by atoms with Crippen molar-refractivity contribution in [3.05, 3.63) is 47.2 Å². The number of benzene rings is 1. The molecule has 1 saturated heterocycles. The lowest BCUT2D eigenvalue weighted by Gasteiger charge is -2.33. The first-order chi connectivity index (χ1) is 11.2. The van der Waals surface area contributed by atoms with Crippen molar-refractivity contribution in [1.29, 1.82) is 0 Å². The summed E-state index contributed by atoms with van der Waals surface area (Å²) in [4.78, 5) is 0. The summed E-state index contributed by atoms with van der Waals surface area (Å²) in [6, 6.07) is 9.49. The van der Waals surface area contributed by atoms with Gasteiger partial charge in [0.25, 0.3) is 0 Å². The number of ether oxygens (including phenoxy) is 1. The minimum atomic E-state index is -5.66. The Morgan fingerprint density at radius 1 is 1.29 bits per heavy atom. The molecular weight excluding hydrogens is 345 g/mol. The van der Waals surface area contributed by atoms with Gasteiger partial charge in [0.15, 0.2) is 0 Å². The van der Waals surface area contributed by atoms with E-state index < -0.39 is 21.7 Å². The van der Waals surface area contributed by atoms with E-state index in [0.29, 0.717) is 24.8 Å². The molecule has 0 spiro atoms. The summed E-state index contributed by atoms with van der Waals surface area (Å²) in [6.45, 7) is 3.05. The van der Waals surface area contributed by atoms with E-state index in [4.69, 9.17) is 4.74 Å². The van der Waals surface area contributed by atoms with Gasteiger partial charge in [-0.2, -0.15) is 21.6 Å². The topological polar surface area (TPSA) is 52.6 Å². The average Bonchev–Trinajstić information content (AvgIpc) is 2.53. The molecular formula is C16H19F3O4S. The lowest BCUT2D eigenvalue weighted by Crippen LogP contribution is -2.29. The lowest BCUT2D eigenvalue weighted by molar-refractivity contribution is -0.0530. The highest BCUT2D eigenvalue weighted by Gasteiger charge is 2.49. The van der Waals surface area contributed by atoms with Crippen LogP contribution in [-0.2, 0) is 19.0 Å². The highest BCUT2D eigenvalue weighted by Crippen LogP contribution is 2.38. The maximum Gasteiger partial charge on any atom is 0.534 e. The number of rotatable bonds is 4. The van der Waals surface area contributed by atoms with Gasteiger partial charge in [-0.25, -0.2) is 0 Å². The van der Waals surface area contributed by atoms with Gasteiger partial charge in [0.2, 0.25) is 0 Å². The van der Waals surface area contributed by atoms with E-state index in [9.17, 15) is 21.6 Å². The maximum absolute atomic E-state index is 12.5. The van der Waals surface area contributed by atoms with Crippen LogP contribution in [0.15, 0.2) is 41.7 Å². The van der Waals surface area contributed by atoms with Gasteiger partial charge in [0.1, 0.15) is 5.76 Å². The Morgan fingerprint density at radius 2 is 1.92 bits per heavy atom. The molecule has 1 aliphatic heterocycles. The molecule has 8 heteroatoms. The normalized spacial score (nSPS) is 24.5. The quantitative estimate of drug-likeness (QED) is 0.450. The molecule has 2 atom stereocenters. The van der Waals surface area contributed by atoms with Crippen LogP contribution in [0.2, 0.25) is 0 Å². The molecule has 0 unspecified atom stereocenters. The Labute approximate surface area is 139 Å². The second-order valence-corrected chi connectivity index (χ2v) is 7.07. The zero-order valence-electron chi connectivity index (χ0n) is 13.3. The van der Waals surface area contributed by atoms with Crippen LogP contribution in [0.3, 0.4) is 0 Å². The van der Waals surface area contributed by atoms with Crippen molar-refractivity contribution in [1.82, 2.24) is 0 Å². The predicted octanol–water partition coefficient (Wildman–Crippen LogP) is 4.46. The predicted molar refractivity (Wildman–Crippen MR) is 82.3 cm³/mol. The number of hydrogen-bond donors (Lipinski definition) is 0. The molecule has 0 bridgehead atoms. The third kappa shape index (κ3) is 4.10. The number of halogens is 3. The summed E-state index contributed by atoms with van der Waals surface area (Å²) < 4.78 is 69.9. The minimum absolute atomic E-state index is 0.174. The summed E-state index contributed by atoms with van der Waals surface area (Å²) in [7, 11) is -5.66. The minimum Gasteiger partial charge on any atom is -0.381 e. The van der Waals surface area contributed by atoms with Crippen LogP contribution in [-0.4, -0.2) is 20.0 Å². The summed E-state index contributed by atoms with van der Waals surface area (Å²) >= 11 is 0. The first kappa shape index (κ1) is 18.8. The molecule has 1 aromatic carbocycles. The standard InChI is InChI=1S/C16H19F3O4S/c1-3-14-13(11(2)23-24(20,21)16(17,18)19)9-10-15(22-14)12-7-5-4-6-8-12/h4-8,14-15H,3,9-10H2,1-2H3/b13-11+/t14-,15-/m0/s1. The summed E-state index contributed by atoms with van der Waals surface area (Å²) in [5.74, 6) is -0.259. The van der Waals surface area contributed by atoms with Gasteiger partial charge in [-0.1, -0.05) is 37.3 Å². The van der Waals surface area contributed by atoms with Gasteiger partial charge in [0.05, 0.1) is 12.2 Å². The van der Waals surface area contributed by atoms with Crippen molar-refractivity contribution < 1.29 is 30.5 Å². The second kappa shape index (κ2) is 7.14. The van der Waals surface area contributed by atoms with Crippen molar-refractivity contribution in [2.24, 2.45) is 0 Å². The van der Waals surface area contributed by atoms with E-state index in [0.717, 1.165) is 5.56 Å². The second-order valence-electron chi connectivity index (χ2n) is 5.54. The van der Waals surface area contributed by atoms with Gasteiger partial charge >= 0.3 is 15.6 Å². The van der Waals surface area contributed by atoms with Crippen LogP contribution in [0.1, 0.15) is 44.8 Å². The smallest absolute Gasteiger partial charge is 0.381 e. The van der Waals surface area contributed by atoms with Crippen molar-refractivity contribution >= 4 is 10.1 Å².